The van der Waals surface area contributed by atoms with E-state index < -0.39 is 18.0 Å². The predicted molar refractivity (Wildman–Crippen MR) is 129 cm³/mol. The maximum absolute atomic E-state index is 13.5. The number of rotatable bonds is 6. The Morgan fingerprint density at radius 2 is 1.85 bits per heavy atom. The lowest BCUT2D eigenvalue weighted by molar-refractivity contribution is -0.138. The molecule has 0 radical (unpaired) electrons. The molecule has 2 aromatic carbocycles. The minimum absolute atomic E-state index is 0.0604. The summed E-state index contributed by atoms with van der Waals surface area (Å²) < 4.78 is 12.4. The highest BCUT2D eigenvalue weighted by atomic mass is 32.1. The third-order valence-electron chi connectivity index (χ3n) is 5.13. The van der Waals surface area contributed by atoms with Gasteiger partial charge in [0.25, 0.3) is 5.56 Å². The fourth-order valence-electron chi connectivity index (χ4n) is 3.70. The van der Waals surface area contributed by atoms with Gasteiger partial charge in [-0.1, -0.05) is 66.5 Å². The van der Waals surface area contributed by atoms with Crippen molar-refractivity contribution in [2.75, 3.05) is 6.61 Å². The van der Waals surface area contributed by atoms with Crippen LogP contribution in [0, 0.1) is 0 Å². The molecule has 0 N–H and O–H groups in total. The monoisotopic (exact) mass is 474 g/mol. The molecule has 0 aliphatic carbocycles. The highest BCUT2D eigenvalue weighted by molar-refractivity contribution is 7.07. The maximum Gasteiger partial charge on any atom is 0.338 e. The second-order valence-corrected chi connectivity index (χ2v) is 8.55. The standard InChI is InChI=1S/C26H22N2O5S/c1-4-14-32-25(31)22-16(2)27-26-28(23(22)19-8-6-5-7-9-19)24(30)21(34-26)15-18-10-12-20(13-11-18)33-17(3)29/h4-13,15,23H,1,14H2,2-3H3/b21-15+. The van der Waals surface area contributed by atoms with E-state index in [4.69, 9.17) is 9.47 Å². The van der Waals surface area contributed by atoms with E-state index in [1.54, 1.807) is 37.3 Å². The van der Waals surface area contributed by atoms with Gasteiger partial charge in [0.15, 0.2) is 4.80 Å². The molecule has 1 aromatic heterocycles. The van der Waals surface area contributed by atoms with Gasteiger partial charge in [0.2, 0.25) is 0 Å². The number of nitrogens with zero attached hydrogens (tertiary/aromatic N) is 2. The van der Waals surface area contributed by atoms with Crippen LogP contribution in [0.2, 0.25) is 0 Å². The highest BCUT2D eigenvalue weighted by Gasteiger charge is 2.33. The van der Waals surface area contributed by atoms with Crippen molar-refractivity contribution < 1.29 is 19.1 Å². The smallest absolute Gasteiger partial charge is 0.338 e. The number of hydrogen-bond acceptors (Lipinski definition) is 7. The Bertz CT molecular complexity index is 1460. The average Bonchev–Trinajstić information content (AvgIpc) is 3.12. The summed E-state index contributed by atoms with van der Waals surface area (Å²) in [7, 11) is 0. The summed E-state index contributed by atoms with van der Waals surface area (Å²) in [5.74, 6) is -0.515. The number of carbonyl (C=O) groups excluding carboxylic acids is 2. The Morgan fingerprint density at radius 1 is 1.15 bits per heavy atom. The number of esters is 2. The van der Waals surface area contributed by atoms with E-state index in [-0.39, 0.29) is 12.2 Å². The normalized spacial score (nSPS) is 15.4. The van der Waals surface area contributed by atoms with Crippen LogP contribution in [-0.4, -0.2) is 23.1 Å². The molecule has 0 amide bonds. The van der Waals surface area contributed by atoms with Gasteiger partial charge in [-0.3, -0.25) is 14.2 Å². The molecule has 0 bridgehead atoms. The van der Waals surface area contributed by atoms with Crippen LogP contribution in [0.3, 0.4) is 0 Å². The van der Waals surface area contributed by atoms with Crippen LogP contribution >= 0.6 is 11.3 Å². The molecule has 0 saturated heterocycles. The molecule has 1 atom stereocenters. The second kappa shape index (κ2) is 9.84. The van der Waals surface area contributed by atoms with Crippen LogP contribution in [0.1, 0.15) is 31.0 Å². The molecule has 172 valence electrons. The zero-order valence-corrected chi connectivity index (χ0v) is 19.5. The molecule has 7 nitrogen and oxygen atoms in total. The number of thiazole rings is 1. The summed E-state index contributed by atoms with van der Waals surface area (Å²) in [6, 6.07) is 15.5. The number of ether oxygens (including phenoxy) is 2. The van der Waals surface area contributed by atoms with Crippen molar-refractivity contribution in [3.63, 3.8) is 0 Å². The molecule has 2 heterocycles. The first-order valence-electron chi connectivity index (χ1n) is 10.5. The minimum Gasteiger partial charge on any atom is -0.458 e. The molecule has 34 heavy (non-hydrogen) atoms. The third-order valence-corrected chi connectivity index (χ3v) is 6.11. The van der Waals surface area contributed by atoms with Crippen molar-refractivity contribution in [1.82, 2.24) is 4.57 Å². The first-order chi connectivity index (χ1) is 16.4. The van der Waals surface area contributed by atoms with Gasteiger partial charge in [-0.25, -0.2) is 9.79 Å². The molecular formula is C26H22N2O5S. The first kappa shape index (κ1) is 23.1. The Hall–Kier alpha value is -4.04. The molecule has 0 spiro atoms. The van der Waals surface area contributed by atoms with Crippen LogP contribution in [0.5, 0.6) is 5.75 Å². The van der Waals surface area contributed by atoms with E-state index in [0.29, 0.717) is 26.4 Å². The minimum atomic E-state index is -0.664. The highest BCUT2D eigenvalue weighted by Crippen LogP contribution is 2.30. The van der Waals surface area contributed by atoms with E-state index in [2.05, 4.69) is 11.6 Å². The van der Waals surface area contributed by atoms with Gasteiger partial charge in [-0.2, -0.15) is 0 Å². The number of carbonyl (C=O) groups is 2. The Morgan fingerprint density at radius 3 is 2.50 bits per heavy atom. The summed E-state index contributed by atoms with van der Waals surface area (Å²) in [5, 5.41) is 0. The number of allylic oxidation sites excluding steroid dienone is 1. The maximum atomic E-state index is 13.5. The molecule has 0 saturated carbocycles. The van der Waals surface area contributed by atoms with Gasteiger partial charge in [0.05, 0.1) is 21.8 Å². The van der Waals surface area contributed by atoms with E-state index in [1.165, 1.54) is 28.9 Å². The molecular weight excluding hydrogens is 452 g/mol. The van der Waals surface area contributed by atoms with E-state index >= 15 is 0 Å². The van der Waals surface area contributed by atoms with Crippen LogP contribution in [-0.2, 0) is 14.3 Å². The molecule has 1 unspecified atom stereocenters. The lowest BCUT2D eigenvalue weighted by Crippen LogP contribution is -2.39. The Balaban J connectivity index is 1.84. The van der Waals surface area contributed by atoms with Crippen molar-refractivity contribution in [1.29, 1.82) is 0 Å². The van der Waals surface area contributed by atoms with Crippen molar-refractivity contribution >= 4 is 29.4 Å². The largest absolute Gasteiger partial charge is 0.458 e. The van der Waals surface area contributed by atoms with Crippen LogP contribution in [0.15, 0.2) is 88.3 Å². The van der Waals surface area contributed by atoms with Gasteiger partial charge in [-0.15, -0.1) is 0 Å². The number of benzene rings is 2. The fraction of sp³-hybridized carbons (Fsp3) is 0.154. The topological polar surface area (TPSA) is 87.0 Å². The summed E-state index contributed by atoms with van der Waals surface area (Å²) in [5.41, 5.74) is 2.10. The van der Waals surface area contributed by atoms with E-state index in [0.717, 1.165) is 11.1 Å². The molecule has 1 aliphatic heterocycles. The van der Waals surface area contributed by atoms with Crippen LogP contribution < -0.4 is 19.6 Å². The first-order valence-corrected chi connectivity index (χ1v) is 11.3. The molecule has 1 aliphatic rings. The Kier molecular flexibility index (Phi) is 6.70. The Labute approximate surface area is 199 Å². The lowest BCUT2D eigenvalue weighted by Gasteiger charge is -2.24. The molecule has 0 fully saturated rings. The summed E-state index contributed by atoms with van der Waals surface area (Å²) in [6.45, 7) is 6.72. The zero-order valence-electron chi connectivity index (χ0n) is 18.7. The number of aromatic nitrogens is 1. The van der Waals surface area contributed by atoms with Crippen molar-refractivity contribution in [2.45, 2.75) is 19.9 Å². The molecule has 8 heteroatoms. The summed E-state index contributed by atoms with van der Waals surface area (Å²) >= 11 is 1.25. The van der Waals surface area contributed by atoms with Crippen LogP contribution in [0.4, 0.5) is 0 Å². The quantitative estimate of drug-likeness (QED) is 0.312. The van der Waals surface area contributed by atoms with Gasteiger partial charge < -0.3 is 9.47 Å². The van der Waals surface area contributed by atoms with Gasteiger partial charge in [-0.05, 0) is 36.3 Å². The number of hydrogen-bond donors (Lipinski definition) is 0. The van der Waals surface area contributed by atoms with Gasteiger partial charge in [0.1, 0.15) is 12.4 Å². The third kappa shape index (κ3) is 4.67. The summed E-state index contributed by atoms with van der Waals surface area (Å²) in [6.07, 6.45) is 3.24. The van der Waals surface area contributed by atoms with E-state index in [1.807, 2.05) is 30.3 Å². The molecule has 3 aromatic rings. The van der Waals surface area contributed by atoms with Crippen LogP contribution in [0.25, 0.3) is 6.08 Å². The molecule has 4 rings (SSSR count). The van der Waals surface area contributed by atoms with Gasteiger partial charge in [0, 0.05) is 6.92 Å². The SMILES string of the molecule is C=CCOC(=O)C1=C(C)N=c2s/c(=C/c3ccc(OC(C)=O)cc3)c(=O)n2C1c1ccccc1. The second-order valence-electron chi connectivity index (χ2n) is 7.54. The number of fused-ring (bicyclic) bond motifs is 1. The average molecular weight is 475 g/mol. The van der Waals surface area contributed by atoms with Crippen molar-refractivity contribution in [3.8, 4) is 5.75 Å². The van der Waals surface area contributed by atoms with E-state index in [9.17, 15) is 14.4 Å². The van der Waals surface area contributed by atoms with Crippen molar-refractivity contribution in [2.24, 2.45) is 4.99 Å². The zero-order chi connectivity index (χ0) is 24.2. The predicted octanol–water partition coefficient (Wildman–Crippen LogP) is 2.89. The summed E-state index contributed by atoms with van der Waals surface area (Å²) in [4.78, 5) is 42.6. The van der Waals surface area contributed by atoms with Crippen molar-refractivity contribution in [3.05, 3.63) is 109 Å². The lowest BCUT2D eigenvalue weighted by atomic mass is 9.96. The van der Waals surface area contributed by atoms with Gasteiger partial charge >= 0.3 is 11.9 Å². The fourth-order valence-corrected chi connectivity index (χ4v) is 4.74.